The van der Waals surface area contributed by atoms with Crippen LogP contribution < -0.4 is 10.6 Å². The van der Waals surface area contributed by atoms with E-state index in [1.807, 2.05) is 24.3 Å². The first-order chi connectivity index (χ1) is 25.5. The van der Waals surface area contributed by atoms with Gasteiger partial charge in [-0.2, -0.15) is 0 Å². The second-order valence-corrected chi connectivity index (χ2v) is 13.7. The van der Waals surface area contributed by atoms with Crippen LogP contribution in [0.3, 0.4) is 0 Å². The van der Waals surface area contributed by atoms with Gasteiger partial charge in [-0.25, -0.2) is 4.98 Å². The Morgan fingerprint density at radius 2 is 1.13 bits per heavy atom. The lowest BCUT2D eigenvalue weighted by Crippen LogP contribution is -2.38. The summed E-state index contributed by atoms with van der Waals surface area (Å²) >= 11 is 0. The van der Waals surface area contributed by atoms with Crippen molar-refractivity contribution in [3.05, 3.63) is 88.8 Å². The Balaban J connectivity index is 0.911. The highest BCUT2D eigenvalue weighted by atomic mass is 16.5. The van der Waals surface area contributed by atoms with E-state index < -0.39 is 0 Å². The Hall–Kier alpha value is -6.05. The normalized spacial score (nSPS) is 17.0. The third-order valence-corrected chi connectivity index (χ3v) is 9.99. The molecule has 14 heteroatoms. The Morgan fingerprint density at radius 1 is 0.679 bits per heavy atom. The summed E-state index contributed by atoms with van der Waals surface area (Å²) in [7, 11) is 0. The van der Waals surface area contributed by atoms with Gasteiger partial charge in [0.2, 0.25) is 17.7 Å². The molecular formula is C39H41N7O7. The molecule has 2 aliphatic heterocycles. The summed E-state index contributed by atoms with van der Waals surface area (Å²) in [4.78, 5) is 60.3. The van der Waals surface area contributed by atoms with Gasteiger partial charge in [0.25, 0.3) is 11.8 Å². The third kappa shape index (κ3) is 7.48. The highest BCUT2D eigenvalue weighted by molar-refractivity contribution is 5.98. The van der Waals surface area contributed by atoms with Crippen LogP contribution in [0.4, 0.5) is 11.4 Å². The predicted molar refractivity (Wildman–Crippen MR) is 194 cm³/mol. The van der Waals surface area contributed by atoms with Crippen molar-refractivity contribution >= 4 is 35.0 Å². The maximum absolute atomic E-state index is 13.2. The number of aromatic nitrogens is 3. The molecule has 14 nitrogen and oxygen atoms in total. The van der Waals surface area contributed by atoms with Crippen LogP contribution in [0.25, 0.3) is 22.8 Å². The highest BCUT2D eigenvalue weighted by Crippen LogP contribution is 2.30. The van der Waals surface area contributed by atoms with E-state index in [-0.39, 0.29) is 48.6 Å². The molecule has 2 aliphatic rings. The molecule has 0 aliphatic carbocycles. The first-order valence-corrected chi connectivity index (χ1v) is 17.8. The van der Waals surface area contributed by atoms with Crippen LogP contribution >= 0.6 is 0 Å². The van der Waals surface area contributed by atoms with E-state index in [0.717, 1.165) is 36.8 Å². The minimum absolute atomic E-state index is 0.151. The van der Waals surface area contributed by atoms with Crippen LogP contribution in [0, 0.1) is 27.7 Å². The van der Waals surface area contributed by atoms with Crippen LogP contribution in [-0.2, 0) is 9.59 Å². The average Bonchev–Trinajstić information content (AvgIpc) is 3.99. The number of anilines is 2. The largest absolute Gasteiger partial charge is 0.436 e. The van der Waals surface area contributed by atoms with Crippen molar-refractivity contribution < 1.29 is 32.6 Å². The number of carbonyl (C=O) groups is 4. The fraction of sp³-hybridized carbons (Fsp3) is 0.359. The molecule has 5 heterocycles. The molecule has 2 aromatic carbocycles. The standard InChI is InChI=1S/C39H41N7O7/c1-22-35(24(3)52-43-22)38(49)45-17-5-7-30(45)19-33(47)41-28-13-9-26(10-14-28)32-21-40-37(51-32)27-11-15-29(16-12-27)42-34(48)20-31-8-6-18-46(31)39(50)36-23(2)44-53-25(36)4/h9-16,21,30-31H,5-8,17-20H2,1-4H3,(H,41,47)(H,42,48)/t30-,31-/m0/s1. The first-order valence-electron chi connectivity index (χ1n) is 17.8. The lowest BCUT2D eigenvalue weighted by molar-refractivity contribution is -0.117. The molecule has 0 unspecified atom stereocenters. The Bertz CT molecular complexity index is 1960. The van der Waals surface area contributed by atoms with Gasteiger partial charge in [-0.3, -0.25) is 19.2 Å². The fourth-order valence-electron chi connectivity index (χ4n) is 7.30. The molecule has 2 saturated heterocycles. The summed E-state index contributed by atoms with van der Waals surface area (Å²) in [6, 6.07) is 14.1. The van der Waals surface area contributed by atoms with Crippen LogP contribution in [0.1, 0.15) is 82.1 Å². The Kier molecular flexibility index (Phi) is 9.94. The molecule has 2 fully saturated rings. The van der Waals surface area contributed by atoms with Gasteiger partial charge in [-0.15, -0.1) is 0 Å². The van der Waals surface area contributed by atoms with Gasteiger partial charge in [-0.1, -0.05) is 10.3 Å². The van der Waals surface area contributed by atoms with Crippen LogP contribution in [-0.4, -0.2) is 73.9 Å². The second kappa shape index (κ2) is 14.9. The topological polar surface area (TPSA) is 177 Å². The Labute approximate surface area is 305 Å². The first kappa shape index (κ1) is 35.4. The minimum Gasteiger partial charge on any atom is -0.436 e. The van der Waals surface area contributed by atoms with Crippen molar-refractivity contribution in [1.29, 1.82) is 0 Å². The van der Waals surface area contributed by atoms with Crippen molar-refractivity contribution in [3.8, 4) is 22.8 Å². The smallest absolute Gasteiger partial charge is 0.259 e. The van der Waals surface area contributed by atoms with E-state index in [4.69, 9.17) is 13.5 Å². The average molecular weight is 720 g/mol. The molecule has 0 radical (unpaired) electrons. The number of nitrogens with zero attached hydrogens (tertiary/aromatic N) is 5. The predicted octanol–water partition coefficient (Wildman–Crippen LogP) is 6.49. The summed E-state index contributed by atoms with van der Waals surface area (Å²) < 4.78 is 16.4. The monoisotopic (exact) mass is 719 g/mol. The SMILES string of the molecule is Cc1noc(C)c1C(=O)N1CCC[C@H]1CC(=O)Nc1ccc(-c2cnc(-c3ccc(NC(=O)C[C@@H]4CCCN4C(=O)c4c(C)noc4C)cc3)o2)cc1. The second-order valence-electron chi connectivity index (χ2n) is 13.7. The maximum Gasteiger partial charge on any atom is 0.259 e. The molecule has 3 aromatic heterocycles. The van der Waals surface area contributed by atoms with Gasteiger partial charge >= 0.3 is 0 Å². The number of hydrogen-bond acceptors (Lipinski definition) is 10. The van der Waals surface area contributed by atoms with Crippen molar-refractivity contribution in [1.82, 2.24) is 25.1 Å². The third-order valence-electron chi connectivity index (χ3n) is 9.99. The summed E-state index contributed by atoms with van der Waals surface area (Å²) in [5.74, 6) is 1.28. The van der Waals surface area contributed by atoms with E-state index in [2.05, 4.69) is 25.9 Å². The van der Waals surface area contributed by atoms with Gasteiger partial charge in [-0.05, 0) is 102 Å². The molecule has 0 spiro atoms. The summed E-state index contributed by atoms with van der Waals surface area (Å²) in [5.41, 5.74) is 4.81. The van der Waals surface area contributed by atoms with Crippen molar-refractivity contribution in [2.24, 2.45) is 0 Å². The summed E-state index contributed by atoms with van der Waals surface area (Å²) in [5, 5.41) is 13.7. The van der Waals surface area contributed by atoms with E-state index >= 15 is 0 Å². The molecule has 2 N–H and O–H groups in total. The fourth-order valence-corrected chi connectivity index (χ4v) is 7.30. The molecule has 5 aromatic rings. The number of nitrogens with one attached hydrogen (secondary N) is 2. The van der Waals surface area contributed by atoms with Crippen LogP contribution in [0.2, 0.25) is 0 Å². The van der Waals surface area contributed by atoms with E-state index in [1.165, 1.54) is 0 Å². The molecule has 53 heavy (non-hydrogen) atoms. The van der Waals surface area contributed by atoms with Crippen molar-refractivity contribution in [3.63, 3.8) is 0 Å². The zero-order valence-electron chi connectivity index (χ0n) is 30.1. The Morgan fingerprint density at radius 3 is 1.57 bits per heavy atom. The quantitative estimate of drug-likeness (QED) is 0.162. The van der Waals surface area contributed by atoms with E-state index in [1.54, 1.807) is 68.0 Å². The van der Waals surface area contributed by atoms with E-state index in [9.17, 15) is 19.2 Å². The lowest BCUT2D eigenvalue weighted by Gasteiger charge is -2.24. The molecular weight excluding hydrogens is 678 g/mol. The molecule has 4 amide bonds. The molecule has 274 valence electrons. The summed E-state index contributed by atoms with van der Waals surface area (Å²) in [6.45, 7) is 8.10. The number of aryl methyl sites for hydroxylation is 4. The van der Waals surface area contributed by atoms with E-state index in [0.29, 0.717) is 70.2 Å². The van der Waals surface area contributed by atoms with Crippen molar-refractivity contribution in [2.75, 3.05) is 23.7 Å². The van der Waals surface area contributed by atoms with Gasteiger partial charge in [0.15, 0.2) is 5.76 Å². The number of amides is 4. The highest BCUT2D eigenvalue weighted by Gasteiger charge is 2.35. The molecule has 0 bridgehead atoms. The maximum atomic E-state index is 13.2. The number of hydrogen-bond donors (Lipinski definition) is 2. The zero-order chi connectivity index (χ0) is 37.2. The minimum atomic E-state index is -0.202. The van der Waals surface area contributed by atoms with Crippen LogP contribution in [0.15, 0.2) is 68.2 Å². The van der Waals surface area contributed by atoms with Gasteiger partial charge in [0.1, 0.15) is 22.6 Å². The van der Waals surface area contributed by atoms with Gasteiger partial charge in [0.05, 0.1) is 17.6 Å². The number of likely N-dealkylation sites (tertiary alicyclic amines) is 2. The number of benzene rings is 2. The number of rotatable bonds is 10. The van der Waals surface area contributed by atoms with Gasteiger partial charge in [0, 0.05) is 60.5 Å². The summed E-state index contributed by atoms with van der Waals surface area (Å²) in [6.07, 6.45) is 5.18. The number of carbonyl (C=O) groups excluding carboxylic acids is 4. The van der Waals surface area contributed by atoms with Crippen molar-refractivity contribution in [2.45, 2.75) is 78.3 Å². The molecule has 7 rings (SSSR count). The molecule has 0 saturated carbocycles. The molecule has 2 atom stereocenters. The van der Waals surface area contributed by atoms with Crippen LogP contribution in [0.5, 0.6) is 0 Å². The lowest BCUT2D eigenvalue weighted by atomic mass is 10.1. The van der Waals surface area contributed by atoms with Gasteiger partial charge < -0.3 is 33.9 Å². The zero-order valence-corrected chi connectivity index (χ0v) is 30.1. The number of oxazole rings is 1.